The lowest BCUT2D eigenvalue weighted by Crippen LogP contribution is -2.32. The van der Waals surface area contributed by atoms with Crippen molar-refractivity contribution in [1.82, 2.24) is 25.2 Å². The van der Waals surface area contributed by atoms with E-state index in [1.165, 1.54) is 0 Å². The maximum absolute atomic E-state index is 13.4. The first-order chi connectivity index (χ1) is 18.4. The second-order valence-corrected chi connectivity index (χ2v) is 11.1. The van der Waals surface area contributed by atoms with Crippen LogP contribution >= 0.6 is 0 Å². The first-order valence-corrected chi connectivity index (χ1v) is 13.9. The van der Waals surface area contributed by atoms with Gasteiger partial charge in [0.05, 0.1) is 36.1 Å². The van der Waals surface area contributed by atoms with E-state index in [-0.39, 0.29) is 23.3 Å². The summed E-state index contributed by atoms with van der Waals surface area (Å²) in [6.45, 7) is 3.98. The van der Waals surface area contributed by atoms with Crippen LogP contribution in [0.15, 0.2) is 36.5 Å². The number of nitrogens with one attached hydrogen (secondary N) is 2. The average molecular weight is 518 g/mol. The molecule has 0 unspecified atom stereocenters. The second-order valence-electron chi connectivity index (χ2n) is 11.1. The minimum Gasteiger partial charge on any atom is -0.480 e. The molecule has 5 rings (SSSR count). The minimum absolute atomic E-state index is 0.0799. The summed E-state index contributed by atoms with van der Waals surface area (Å²) in [6, 6.07) is 9.79. The third-order valence-corrected chi connectivity index (χ3v) is 8.34. The maximum atomic E-state index is 13.4. The highest BCUT2D eigenvalue weighted by molar-refractivity contribution is 5.85. The van der Waals surface area contributed by atoms with Crippen molar-refractivity contribution < 1.29 is 14.3 Å². The summed E-state index contributed by atoms with van der Waals surface area (Å²) in [6.07, 6.45) is 8.61. The number of pyridine rings is 1. The van der Waals surface area contributed by atoms with Crippen LogP contribution in [-0.2, 0) is 9.59 Å². The molecule has 1 saturated heterocycles. The number of Topliss-reactive ketones (excluding diaryl/α,β-unsaturated/α-hetero) is 1. The number of ether oxygens (including phenoxy) is 1. The third-order valence-electron chi connectivity index (χ3n) is 8.34. The van der Waals surface area contributed by atoms with Gasteiger partial charge in [0.1, 0.15) is 11.6 Å². The number of carbonyl (C=O) groups excluding carboxylic acids is 2. The average Bonchev–Trinajstić information content (AvgIpc) is 3.22. The summed E-state index contributed by atoms with van der Waals surface area (Å²) in [5.41, 5.74) is 2.67. The molecular weight excluding hydrogens is 478 g/mol. The number of benzene rings is 1. The molecule has 0 radical (unpaired) electrons. The Morgan fingerprint density at radius 2 is 2.11 bits per heavy atom. The number of amides is 1. The van der Waals surface area contributed by atoms with E-state index in [1.807, 2.05) is 31.2 Å². The van der Waals surface area contributed by atoms with Crippen LogP contribution < -0.4 is 10.1 Å². The van der Waals surface area contributed by atoms with Crippen molar-refractivity contribution in [3.63, 3.8) is 0 Å². The summed E-state index contributed by atoms with van der Waals surface area (Å²) < 4.78 is 5.60. The van der Waals surface area contributed by atoms with E-state index in [4.69, 9.17) is 9.72 Å². The number of hydrogen-bond acceptors (Lipinski definition) is 6. The van der Waals surface area contributed by atoms with Gasteiger partial charge in [0, 0.05) is 30.7 Å². The van der Waals surface area contributed by atoms with Gasteiger partial charge in [-0.05, 0) is 56.8 Å². The lowest BCUT2D eigenvalue weighted by atomic mass is 10.0. The van der Waals surface area contributed by atoms with Gasteiger partial charge >= 0.3 is 0 Å². The van der Waals surface area contributed by atoms with Gasteiger partial charge in [-0.25, -0.2) is 9.97 Å². The Labute approximate surface area is 224 Å². The summed E-state index contributed by atoms with van der Waals surface area (Å²) in [5.74, 6) is 1.80. The standard InChI is InChI=1S/C30H39N5O3/c1-4-21(36)11-6-5-7-13-25(33-28(37)23-17-30(23)14-15-35(2)19-30)27-31-18-26(32-27)22-16-20-10-8-9-12-24(20)34-29(22)38-3/h8-10,12,16,18,23,25H,4-7,11,13-15,17,19H2,1-3H3,(H,31,32)(H,33,37)/t23-,25+,30-/m1/s1. The van der Waals surface area contributed by atoms with Crippen LogP contribution in [0.3, 0.4) is 0 Å². The molecule has 0 bridgehead atoms. The molecule has 38 heavy (non-hydrogen) atoms. The van der Waals surface area contributed by atoms with Gasteiger partial charge in [-0.2, -0.15) is 0 Å². The topological polar surface area (TPSA) is 100 Å². The normalized spacial score (nSPS) is 21.6. The van der Waals surface area contributed by atoms with Crippen LogP contribution in [0.1, 0.15) is 70.2 Å². The molecule has 1 aromatic carbocycles. The molecule has 3 aromatic rings. The predicted octanol–water partition coefficient (Wildman–Crippen LogP) is 5.06. The Morgan fingerprint density at radius 3 is 2.87 bits per heavy atom. The number of unbranched alkanes of at least 4 members (excludes halogenated alkanes) is 2. The zero-order chi connectivity index (χ0) is 26.7. The summed E-state index contributed by atoms with van der Waals surface area (Å²) >= 11 is 0. The van der Waals surface area contributed by atoms with Gasteiger partial charge in [0.2, 0.25) is 11.8 Å². The van der Waals surface area contributed by atoms with E-state index < -0.39 is 0 Å². The van der Waals surface area contributed by atoms with Crippen molar-refractivity contribution in [2.45, 2.75) is 64.3 Å². The third kappa shape index (κ3) is 5.60. The van der Waals surface area contributed by atoms with Gasteiger partial charge in [-0.1, -0.05) is 38.0 Å². The van der Waals surface area contributed by atoms with E-state index in [1.54, 1.807) is 13.3 Å². The summed E-state index contributed by atoms with van der Waals surface area (Å²) in [5, 5.41) is 4.35. The number of para-hydroxylation sites is 1. The molecule has 8 nitrogen and oxygen atoms in total. The number of aromatic amines is 1. The number of likely N-dealkylation sites (tertiary alicyclic amines) is 1. The number of hydrogen-bond donors (Lipinski definition) is 2. The van der Waals surface area contributed by atoms with Crippen molar-refractivity contribution in [1.29, 1.82) is 0 Å². The van der Waals surface area contributed by atoms with E-state index in [2.05, 4.69) is 33.3 Å². The SMILES string of the molecule is CCC(=O)CCCCC[C@H](NC(=O)[C@H]1C[C@@]12CCN(C)C2)c1ncc(-c2cc3ccccc3nc2OC)[nH]1. The number of rotatable bonds is 12. The number of imidazole rings is 1. The molecule has 1 spiro atoms. The van der Waals surface area contributed by atoms with E-state index in [0.29, 0.717) is 24.5 Å². The molecule has 3 atom stereocenters. The molecule has 2 N–H and O–H groups in total. The second kappa shape index (κ2) is 11.2. The van der Waals surface area contributed by atoms with Crippen molar-refractivity contribution in [3.05, 3.63) is 42.4 Å². The van der Waals surface area contributed by atoms with Gasteiger partial charge < -0.3 is 19.9 Å². The van der Waals surface area contributed by atoms with Crippen LogP contribution in [-0.4, -0.2) is 58.8 Å². The molecule has 3 heterocycles. The molecule has 2 aliphatic rings. The molecule has 1 aliphatic heterocycles. The number of H-pyrrole nitrogens is 1. The number of carbonyl (C=O) groups is 2. The fourth-order valence-electron chi connectivity index (χ4n) is 5.95. The van der Waals surface area contributed by atoms with E-state index >= 15 is 0 Å². The minimum atomic E-state index is -0.214. The smallest absolute Gasteiger partial charge is 0.224 e. The first kappa shape index (κ1) is 26.4. The Kier molecular flexibility index (Phi) is 7.79. The van der Waals surface area contributed by atoms with Gasteiger partial charge in [0.15, 0.2) is 0 Å². The predicted molar refractivity (Wildman–Crippen MR) is 148 cm³/mol. The lowest BCUT2D eigenvalue weighted by molar-refractivity contribution is -0.124. The Balaban J connectivity index is 1.33. The Morgan fingerprint density at radius 1 is 1.26 bits per heavy atom. The number of ketones is 1. The van der Waals surface area contributed by atoms with Crippen molar-refractivity contribution >= 4 is 22.6 Å². The fraction of sp³-hybridized carbons (Fsp3) is 0.533. The van der Waals surface area contributed by atoms with Crippen molar-refractivity contribution in [2.24, 2.45) is 11.3 Å². The highest BCUT2D eigenvalue weighted by Crippen LogP contribution is 2.58. The Bertz CT molecular complexity index is 1300. The van der Waals surface area contributed by atoms with Crippen LogP contribution in [0.25, 0.3) is 22.2 Å². The molecule has 1 amide bonds. The molecular formula is C30H39N5O3. The van der Waals surface area contributed by atoms with E-state index in [0.717, 1.165) is 79.6 Å². The quantitative estimate of drug-likeness (QED) is 0.326. The molecule has 202 valence electrons. The van der Waals surface area contributed by atoms with Crippen LogP contribution in [0.5, 0.6) is 5.88 Å². The monoisotopic (exact) mass is 517 g/mol. The highest BCUT2D eigenvalue weighted by atomic mass is 16.5. The molecule has 2 aromatic heterocycles. The first-order valence-electron chi connectivity index (χ1n) is 13.9. The summed E-state index contributed by atoms with van der Waals surface area (Å²) in [7, 11) is 3.75. The van der Waals surface area contributed by atoms with Gasteiger partial charge in [-0.15, -0.1) is 0 Å². The van der Waals surface area contributed by atoms with Crippen molar-refractivity contribution in [2.75, 3.05) is 27.2 Å². The van der Waals surface area contributed by atoms with Crippen LogP contribution in [0.2, 0.25) is 0 Å². The van der Waals surface area contributed by atoms with Crippen LogP contribution in [0.4, 0.5) is 0 Å². The van der Waals surface area contributed by atoms with Crippen molar-refractivity contribution in [3.8, 4) is 17.1 Å². The Hall–Kier alpha value is -3.26. The molecule has 1 saturated carbocycles. The van der Waals surface area contributed by atoms with E-state index in [9.17, 15) is 9.59 Å². The number of methoxy groups -OCH3 is 1. The zero-order valence-corrected chi connectivity index (χ0v) is 22.8. The van der Waals surface area contributed by atoms with Gasteiger partial charge in [-0.3, -0.25) is 9.59 Å². The molecule has 2 fully saturated rings. The largest absolute Gasteiger partial charge is 0.480 e. The zero-order valence-electron chi connectivity index (χ0n) is 22.8. The number of aromatic nitrogens is 3. The van der Waals surface area contributed by atoms with Gasteiger partial charge in [0.25, 0.3) is 0 Å². The maximum Gasteiger partial charge on any atom is 0.224 e. The summed E-state index contributed by atoms with van der Waals surface area (Å²) in [4.78, 5) is 40.2. The molecule has 1 aliphatic carbocycles. The molecule has 8 heteroatoms. The number of fused-ring (bicyclic) bond motifs is 1. The lowest BCUT2D eigenvalue weighted by Gasteiger charge is -2.18. The highest BCUT2D eigenvalue weighted by Gasteiger charge is 2.60. The number of nitrogens with zero attached hydrogens (tertiary/aromatic N) is 3. The van der Waals surface area contributed by atoms with Crippen LogP contribution in [0, 0.1) is 11.3 Å². The fourth-order valence-corrected chi connectivity index (χ4v) is 5.95.